The van der Waals surface area contributed by atoms with E-state index in [4.69, 9.17) is 4.74 Å². The van der Waals surface area contributed by atoms with Crippen LogP contribution in [0.2, 0.25) is 0 Å². The summed E-state index contributed by atoms with van der Waals surface area (Å²) < 4.78 is 5.60. The summed E-state index contributed by atoms with van der Waals surface area (Å²) in [4.78, 5) is 25.0. The molecule has 0 aromatic heterocycles. The Morgan fingerprint density at radius 3 is 2.44 bits per heavy atom. The van der Waals surface area contributed by atoms with Gasteiger partial charge in [-0.1, -0.05) is 24.3 Å². The summed E-state index contributed by atoms with van der Waals surface area (Å²) in [6.07, 6.45) is 4.59. The van der Waals surface area contributed by atoms with E-state index >= 15 is 0 Å². The average molecular weight is 242 g/mol. The van der Waals surface area contributed by atoms with Gasteiger partial charge in [-0.3, -0.25) is 9.59 Å². The third-order valence-electron chi connectivity index (χ3n) is 4.18. The summed E-state index contributed by atoms with van der Waals surface area (Å²) in [7, 11) is 0. The Morgan fingerprint density at radius 1 is 1.06 bits per heavy atom. The first-order valence-corrected chi connectivity index (χ1v) is 5.89. The lowest BCUT2D eigenvalue weighted by atomic mass is 9.69. The van der Waals surface area contributed by atoms with E-state index in [1.165, 1.54) is 6.07 Å². The van der Waals surface area contributed by atoms with Crippen LogP contribution in [0, 0.1) is 0 Å². The third-order valence-corrected chi connectivity index (χ3v) is 4.18. The lowest BCUT2D eigenvalue weighted by Gasteiger charge is -2.26. The first-order valence-electron chi connectivity index (χ1n) is 5.89. The zero-order valence-electron chi connectivity index (χ0n) is 9.47. The summed E-state index contributed by atoms with van der Waals surface area (Å²) in [6.45, 7) is 0. The van der Waals surface area contributed by atoms with Crippen molar-refractivity contribution < 1.29 is 19.4 Å². The van der Waals surface area contributed by atoms with Crippen molar-refractivity contribution in [2.24, 2.45) is 0 Å². The molecule has 0 spiro atoms. The number of ketones is 2. The van der Waals surface area contributed by atoms with E-state index in [1.54, 1.807) is 12.1 Å². The number of Topliss-reactive ketones (excluding diaryl/α,β-unsaturated/α-hetero) is 2. The van der Waals surface area contributed by atoms with Gasteiger partial charge in [0.1, 0.15) is 5.75 Å². The zero-order valence-corrected chi connectivity index (χ0v) is 9.47. The predicted octanol–water partition coefficient (Wildman–Crippen LogP) is 1.63. The van der Waals surface area contributed by atoms with Crippen LogP contribution in [0.15, 0.2) is 30.4 Å². The number of carbonyl (C=O) groups is 2. The number of hydrogen-bond donors (Lipinski definition) is 1. The van der Waals surface area contributed by atoms with Gasteiger partial charge in [0.15, 0.2) is 17.0 Å². The van der Waals surface area contributed by atoms with Crippen LogP contribution in [0.3, 0.4) is 0 Å². The van der Waals surface area contributed by atoms with Crippen LogP contribution in [0.5, 0.6) is 5.75 Å². The van der Waals surface area contributed by atoms with Gasteiger partial charge in [-0.25, -0.2) is 0 Å². The molecule has 1 fully saturated rings. The molecule has 2 unspecified atom stereocenters. The SMILES string of the molecule is O=C1c2cccc(O)c2C(=O)C23CC=CCC12O3. The maximum Gasteiger partial charge on any atom is 0.202 e. The van der Waals surface area contributed by atoms with E-state index in [-0.39, 0.29) is 28.4 Å². The molecule has 1 aromatic carbocycles. The van der Waals surface area contributed by atoms with Crippen molar-refractivity contribution in [2.45, 2.75) is 24.0 Å². The maximum atomic E-state index is 12.5. The number of fused-ring (bicyclic) bond motifs is 1. The number of carbonyl (C=O) groups excluding carboxylic acids is 2. The third kappa shape index (κ3) is 0.821. The maximum absolute atomic E-state index is 12.5. The molecule has 2 atom stereocenters. The van der Waals surface area contributed by atoms with Crippen LogP contribution >= 0.6 is 0 Å². The van der Waals surface area contributed by atoms with Gasteiger partial charge in [0.2, 0.25) is 5.78 Å². The highest BCUT2D eigenvalue weighted by atomic mass is 16.6. The number of ether oxygens (including phenoxy) is 1. The first kappa shape index (κ1) is 10.0. The quantitative estimate of drug-likeness (QED) is 0.554. The second-order valence-electron chi connectivity index (χ2n) is 4.99. The lowest BCUT2D eigenvalue weighted by Crippen LogP contribution is -2.45. The molecule has 0 amide bonds. The Kier molecular flexibility index (Phi) is 1.52. The minimum atomic E-state index is -1.05. The van der Waals surface area contributed by atoms with E-state index in [1.807, 2.05) is 12.2 Å². The summed E-state index contributed by atoms with van der Waals surface area (Å²) >= 11 is 0. The number of epoxide rings is 1. The van der Waals surface area contributed by atoms with Gasteiger partial charge in [0, 0.05) is 18.4 Å². The van der Waals surface area contributed by atoms with Gasteiger partial charge in [0.25, 0.3) is 0 Å². The fourth-order valence-electron chi connectivity index (χ4n) is 3.22. The van der Waals surface area contributed by atoms with Crippen LogP contribution in [0.25, 0.3) is 0 Å². The molecule has 1 heterocycles. The summed E-state index contributed by atoms with van der Waals surface area (Å²) in [5.74, 6) is -0.587. The highest BCUT2D eigenvalue weighted by molar-refractivity contribution is 6.26. The number of aromatic hydroxyl groups is 1. The minimum Gasteiger partial charge on any atom is -0.507 e. The summed E-state index contributed by atoms with van der Waals surface area (Å²) in [6, 6.07) is 4.58. The lowest BCUT2D eigenvalue weighted by molar-refractivity contribution is 0.0834. The second-order valence-corrected chi connectivity index (χ2v) is 4.99. The standard InChI is InChI=1S/C14H10O4/c15-9-5-3-4-8-10(9)12(17)14-7-2-1-6-13(14,18-14)11(8)16/h1-5,15H,6-7H2. The smallest absolute Gasteiger partial charge is 0.202 e. The molecule has 18 heavy (non-hydrogen) atoms. The van der Waals surface area contributed by atoms with Gasteiger partial charge in [-0.15, -0.1) is 0 Å². The molecule has 1 aliphatic heterocycles. The average Bonchev–Trinajstić information content (AvgIpc) is 3.08. The molecule has 1 saturated heterocycles. The van der Waals surface area contributed by atoms with Crippen molar-refractivity contribution in [3.05, 3.63) is 41.5 Å². The topological polar surface area (TPSA) is 66.9 Å². The van der Waals surface area contributed by atoms with Crippen LogP contribution in [-0.2, 0) is 4.74 Å². The number of phenols is 1. The molecule has 90 valence electrons. The van der Waals surface area contributed by atoms with Gasteiger partial charge >= 0.3 is 0 Å². The Hall–Kier alpha value is -1.94. The highest BCUT2D eigenvalue weighted by Crippen LogP contribution is 2.61. The number of phenolic OH excluding ortho intramolecular Hbond substituents is 1. The van der Waals surface area contributed by atoms with Crippen LogP contribution in [0.4, 0.5) is 0 Å². The molecule has 4 nitrogen and oxygen atoms in total. The highest BCUT2D eigenvalue weighted by Gasteiger charge is 2.80. The van der Waals surface area contributed by atoms with Crippen molar-refractivity contribution in [2.75, 3.05) is 0 Å². The second kappa shape index (κ2) is 2.72. The summed E-state index contributed by atoms with van der Waals surface area (Å²) in [5.41, 5.74) is -1.65. The van der Waals surface area contributed by atoms with E-state index in [0.29, 0.717) is 12.8 Å². The van der Waals surface area contributed by atoms with Gasteiger partial charge in [-0.2, -0.15) is 0 Å². The Balaban J connectivity index is 2.02. The molecule has 0 bridgehead atoms. The number of benzene rings is 1. The van der Waals surface area contributed by atoms with E-state index < -0.39 is 11.2 Å². The van der Waals surface area contributed by atoms with Gasteiger partial charge in [0.05, 0.1) is 5.56 Å². The monoisotopic (exact) mass is 242 g/mol. The Morgan fingerprint density at radius 2 is 1.72 bits per heavy atom. The van der Waals surface area contributed by atoms with Crippen LogP contribution < -0.4 is 0 Å². The minimum absolute atomic E-state index is 0.117. The molecular formula is C14H10O4. The molecule has 1 aromatic rings. The van der Waals surface area contributed by atoms with E-state index in [2.05, 4.69) is 0 Å². The van der Waals surface area contributed by atoms with E-state index in [0.717, 1.165) is 0 Å². The first-order chi connectivity index (χ1) is 8.62. The zero-order chi connectivity index (χ0) is 12.5. The van der Waals surface area contributed by atoms with Gasteiger partial charge in [-0.05, 0) is 6.07 Å². The van der Waals surface area contributed by atoms with Crippen molar-refractivity contribution in [3.63, 3.8) is 0 Å². The fourth-order valence-corrected chi connectivity index (χ4v) is 3.22. The Labute approximate surface area is 103 Å². The van der Waals surface area contributed by atoms with Crippen molar-refractivity contribution in [3.8, 4) is 5.75 Å². The largest absolute Gasteiger partial charge is 0.507 e. The molecule has 4 heteroatoms. The van der Waals surface area contributed by atoms with Crippen molar-refractivity contribution in [1.82, 2.24) is 0 Å². The number of hydrogen-bond acceptors (Lipinski definition) is 4. The molecule has 3 aliphatic rings. The van der Waals surface area contributed by atoms with Crippen molar-refractivity contribution in [1.29, 1.82) is 0 Å². The summed E-state index contributed by atoms with van der Waals surface area (Å²) in [5, 5.41) is 9.82. The Bertz CT molecular complexity index is 645. The van der Waals surface area contributed by atoms with Crippen molar-refractivity contribution >= 4 is 11.6 Å². The van der Waals surface area contributed by atoms with Crippen LogP contribution in [-0.4, -0.2) is 27.9 Å². The molecule has 1 N–H and O–H groups in total. The molecule has 0 radical (unpaired) electrons. The number of rotatable bonds is 0. The molecular weight excluding hydrogens is 232 g/mol. The van der Waals surface area contributed by atoms with Gasteiger partial charge < -0.3 is 9.84 Å². The molecule has 0 saturated carbocycles. The molecule has 2 aliphatic carbocycles. The predicted molar refractivity (Wildman–Crippen MR) is 61.7 cm³/mol. The van der Waals surface area contributed by atoms with E-state index in [9.17, 15) is 14.7 Å². The normalized spacial score (nSPS) is 35.8. The fraction of sp³-hybridized carbons (Fsp3) is 0.286. The molecule has 4 rings (SSSR count). The van der Waals surface area contributed by atoms with Crippen LogP contribution in [0.1, 0.15) is 33.6 Å².